The molecule has 0 aliphatic heterocycles. The van der Waals surface area contributed by atoms with E-state index >= 15 is 0 Å². The molecule has 1 atom stereocenters. The first-order chi connectivity index (χ1) is 8.59. The van der Waals surface area contributed by atoms with Crippen LogP contribution in [0.4, 0.5) is 4.79 Å². The van der Waals surface area contributed by atoms with Crippen LogP contribution in [0.15, 0.2) is 0 Å². The largest absolute Gasteiger partial charge is 0.481 e. The second-order valence-corrected chi connectivity index (χ2v) is 5.12. The van der Waals surface area contributed by atoms with Crippen molar-refractivity contribution < 1.29 is 14.7 Å². The summed E-state index contributed by atoms with van der Waals surface area (Å²) in [6.45, 7) is 2.05. The molecule has 0 heterocycles. The first kappa shape index (κ1) is 14.8. The number of hydrogen-bond donors (Lipinski definition) is 3. The summed E-state index contributed by atoms with van der Waals surface area (Å²) in [5, 5.41) is 14.4. The van der Waals surface area contributed by atoms with Gasteiger partial charge >= 0.3 is 12.0 Å². The van der Waals surface area contributed by atoms with E-state index in [1.165, 1.54) is 25.7 Å². The van der Waals surface area contributed by atoms with E-state index in [0.717, 1.165) is 12.8 Å². The van der Waals surface area contributed by atoms with Gasteiger partial charge in [0.1, 0.15) is 0 Å². The standard InChI is InChI=1S/C13H24N2O3/c1-10(12(16)17)8-9-14-13(18)15-11-6-4-2-3-5-7-11/h10-11H,2-9H2,1H3,(H,16,17)(H2,14,15,18). The van der Waals surface area contributed by atoms with Crippen LogP contribution in [0.25, 0.3) is 0 Å². The number of carbonyl (C=O) groups is 2. The molecule has 3 N–H and O–H groups in total. The van der Waals surface area contributed by atoms with E-state index in [2.05, 4.69) is 10.6 Å². The predicted octanol–water partition coefficient (Wildman–Crippen LogP) is 2.12. The molecule has 5 nitrogen and oxygen atoms in total. The molecule has 0 aromatic rings. The quantitative estimate of drug-likeness (QED) is 0.659. The maximum Gasteiger partial charge on any atom is 0.315 e. The molecule has 1 aliphatic carbocycles. The van der Waals surface area contributed by atoms with Crippen molar-refractivity contribution in [3.8, 4) is 0 Å². The van der Waals surface area contributed by atoms with Gasteiger partial charge in [-0.3, -0.25) is 4.79 Å². The Hall–Kier alpha value is -1.26. The Morgan fingerprint density at radius 2 is 1.83 bits per heavy atom. The molecule has 0 aromatic heterocycles. The highest BCUT2D eigenvalue weighted by Gasteiger charge is 2.15. The van der Waals surface area contributed by atoms with Gasteiger partial charge in [-0.1, -0.05) is 32.6 Å². The lowest BCUT2D eigenvalue weighted by Crippen LogP contribution is -2.42. The van der Waals surface area contributed by atoms with E-state index in [9.17, 15) is 9.59 Å². The van der Waals surface area contributed by atoms with Crippen molar-refractivity contribution in [1.82, 2.24) is 10.6 Å². The van der Waals surface area contributed by atoms with Crippen LogP contribution in [-0.2, 0) is 4.79 Å². The summed E-state index contributed by atoms with van der Waals surface area (Å²) in [5.41, 5.74) is 0. The fourth-order valence-electron chi connectivity index (χ4n) is 2.19. The van der Waals surface area contributed by atoms with Crippen molar-refractivity contribution in [1.29, 1.82) is 0 Å². The lowest BCUT2D eigenvalue weighted by molar-refractivity contribution is -0.141. The van der Waals surface area contributed by atoms with Crippen LogP contribution in [0.3, 0.4) is 0 Å². The number of carbonyl (C=O) groups excluding carboxylic acids is 1. The molecule has 1 aliphatic rings. The first-order valence-corrected chi connectivity index (χ1v) is 6.86. The second-order valence-electron chi connectivity index (χ2n) is 5.12. The highest BCUT2D eigenvalue weighted by atomic mass is 16.4. The second kappa shape index (κ2) is 7.95. The van der Waals surface area contributed by atoms with Crippen LogP contribution < -0.4 is 10.6 Å². The number of carboxylic acid groups (broad SMARTS) is 1. The summed E-state index contributed by atoms with van der Waals surface area (Å²) in [6.07, 6.45) is 7.46. The molecular formula is C13H24N2O3. The molecule has 1 unspecified atom stereocenters. The van der Waals surface area contributed by atoms with Gasteiger partial charge in [-0.15, -0.1) is 0 Å². The summed E-state index contributed by atoms with van der Waals surface area (Å²) >= 11 is 0. The van der Waals surface area contributed by atoms with Crippen molar-refractivity contribution in [3.63, 3.8) is 0 Å². The van der Waals surface area contributed by atoms with Gasteiger partial charge in [-0.25, -0.2) is 4.79 Å². The van der Waals surface area contributed by atoms with E-state index in [-0.39, 0.29) is 12.1 Å². The number of amides is 2. The Bertz CT molecular complexity index is 273. The molecule has 5 heteroatoms. The number of nitrogens with one attached hydrogen (secondary N) is 2. The molecule has 0 radical (unpaired) electrons. The summed E-state index contributed by atoms with van der Waals surface area (Å²) < 4.78 is 0. The first-order valence-electron chi connectivity index (χ1n) is 6.86. The lowest BCUT2D eigenvalue weighted by atomic mass is 10.1. The van der Waals surface area contributed by atoms with Gasteiger partial charge in [0.25, 0.3) is 0 Å². The molecule has 18 heavy (non-hydrogen) atoms. The van der Waals surface area contributed by atoms with E-state index in [1.807, 2.05) is 0 Å². The fourth-order valence-corrected chi connectivity index (χ4v) is 2.19. The third kappa shape index (κ3) is 5.89. The third-order valence-corrected chi connectivity index (χ3v) is 3.47. The fraction of sp³-hybridized carbons (Fsp3) is 0.846. The van der Waals surface area contributed by atoms with Gasteiger partial charge < -0.3 is 15.7 Å². The van der Waals surface area contributed by atoms with Crippen molar-refractivity contribution in [2.45, 2.75) is 57.9 Å². The molecule has 1 rings (SSSR count). The smallest absolute Gasteiger partial charge is 0.315 e. The molecule has 0 bridgehead atoms. The molecule has 0 aromatic carbocycles. The Morgan fingerprint density at radius 3 is 2.39 bits per heavy atom. The average molecular weight is 256 g/mol. The number of rotatable bonds is 5. The molecular weight excluding hydrogens is 232 g/mol. The van der Waals surface area contributed by atoms with Crippen molar-refractivity contribution in [2.75, 3.05) is 6.54 Å². The Morgan fingerprint density at radius 1 is 1.22 bits per heavy atom. The zero-order valence-electron chi connectivity index (χ0n) is 11.1. The molecule has 0 saturated heterocycles. The van der Waals surface area contributed by atoms with Gasteiger partial charge in [-0.2, -0.15) is 0 Å². The minimum atomic E-state index is -0.819. The predicted molar refractivity (Wildman–Crippen MR) is 69.4 cm³/mol. The normalized spacial score (nSPS) is 18.7. The van der Waals surface area contributed by atoms with Gasteiger partial charge in [0.05, 0.1) is 5.92 Å². The molecule has 0 spiro atoms. The molecule has 1 saturated carbocycles. The van der Waals surface area contributed by atoms with Crippen molar-refractivity contribution >= 4 is 12.0 Å². The number of urea groups is 1. The lowest BCUT2D eigenvalue weighted by Gasteiger charge is -2.17. The molecule has 2 amide bonds. The maximum atomic E-state index is 11.6. The van der Waals surface area contributed by atoms with Crippen LogP contribution in [0.1, 0.15) is 51.9 Å². The summed E-state index contributed by atoms with van der Waals surface area (Å²) in [4.78, 5) is 22.2. The van der Waals surface area contributed by atoms with Crippen LogP contribution in [0.5, 0.6) is 0 Å². The Labute approximate surface area is 108 Å². The van der Waals surface area contributed by atoms with E-state index in [0.29, 0.717) is 13.0 Å². The topological polar surface area (TPSA) is 78.4 Å². The summed E-state index contributed by atoms with van der Waals surface area (Å²) in [7, 11) is 0. The SMILES string of the molecule is CC(CCNC(=O)NC1CCCCCC1)C(=O)O. The van der Waals surface area contributed by atoms with Crippen molar-refractivity contribution in [3.05, 3.63) is 0 Å². The summed E-state index contributed by atoms with van der Waals surface area (Å²) in [6, 6.07) is 0.115. The number of carboxylic acids is 1. The highest BCUT2D eigenvalue weighted by molar-refractivity contribution is 5.74. The van der Waals surface area contributed by atoms with Crippen LogP contribution in [0.2, 0.25) is 0 Å². The number of aliphatic carboxylic acids is 1. The Balaban J connectivity index is 2.14. The third-order valence-electron chi connectivity index (χ3n) is 3.47. The van der Waals surface area contributed by atoms with Crippen LogP contribution in [-0.4, -0.2) is 29.7 Å². The van der Waals surface area contributed by atoms with E-state index in [1.54, 1.807) is 6.92 Å². The number of hydrogen-bond acceptors (Lipinski definition) is 2. The van der Waals surface area contributed by atoms with Crippen molar-refractivity contribution in [2.24, 2.45) is 5.92 Å². The van der Waals surface area contributed by atoms with Gasteiger partial charge in [0.15, 0.2) is 0 Å². The summed E-state index contributed by atoms with van der Waals surface area (Å²) in [5.74, 6) is -1.23. The minimum Gasteiger partial charge on any atom is -0.481 e. The minimum absolute atomic E-state index is 0.167. The zero-order chi connectivity index (χ0) is 13.4. The van der Waals surface area contributed by atoms with Gasteiger partial charge in [0, 0.05) is 12.6 Å². The maximum absolute atomic E-state index is 11.6. The van der Waals surface area contributed by atoms with Crippen LogP contribution >= 0.6 is 0 Å². The van der Waals surface area contributed by atoms with E-state index < -0.39 is 11.9 Å². The zero-order valence-corrected chi connectivity index (χ0v) is 11.1. The monoisotopic (exact) mass is 256 g/mol. The molecule has 104 valence electrons. The highest BCUT2D eigenvalue weighted by Crippen LogP contribution is 2.16. The van der Waals surface area contributed by atoms with Gasteiger partial charge in [0.2, 0.25) is 0 Å². The molecule has 1 fully saturated rings. The average Bonchev–Trinajstić information content (AvgIpc) is 2.57. The van der Waals surface area contributed by atoms with E-state index in [4.69, 9.17) is 5.11 Å². The van der Waals surface area contributed by atoms with Crippen LogP contribution in [0, 0.1) is 5.92 Å². The van der Waals surface area contributed by atoms with Gasteiger partial charge in [-0.05, 0) is 19.3 Å². The Kier molecular flexibility index (Phi) is 6.54.